The van der Waals surface area contributed by atoms with Crippen LogP contribution in [0.15, 0.2) is 16.9 Å². The number of nitrogens with one attached hydrogen (secondary N) is 1. The second kappa shape index (κ2) is 6.29. The van der Waals surface area contributed by atoms with E-state index in [4.69, 9.17) is 0 Å². The van der Waals surface area contributed by atoms with Crippen molar-refractivity contribution in [3.8, 4) is 0 Å². The molecule has 1 fully saturated rings. The standard InChI is InChI=1S/C12H17BrN4O2/c1-2-16-5-3-9(4-6-16)15-12-10(13)7-14-8-11(12)17(18)19/h7-9H,2-6H2,1H3,(H,14,15). The Morgan fingerprint density at radius 1 is 1.53 bits per heavy atom. The highest BCUT2D eigenvalue weighted by Crippen LogP contribution is 2.32. The Kier molecular flexibility index (Phi) is 4.71. The number of likely N-dealkylation sites (tertiary alicyclic amines) is 1. The minimum atomic E-state index is -0.402. The minimum absolute atomic E-state index is 0.0206. The van der Waals surface area contributed by atoms with Gasteiger partial charge in [-0.2, -0.15) is 0 Å². The first-order valence-corrected chi connectivity index (χ1v) is 7.18. The lowest BCUT2D eigenvalue weighted by Crippen LogP contribution is -2.39. The fourth-order valence-corrected chi connectivity index (χ4v) is 2.74. The molecule has 2 heterocycles. The largest absolute Gasteiger partial charge is 0.376 e. The lowest BCUT2D eigenvalue weighted by molar-refractivity contribution is -0.384. The van der Waals surface area contributed by atoms with Gasteiger partial charge >= 0.3 is 5.69 Å². The Morgan fingerprint density at radius 2 is 2.21 bits per heavy atom. The molecule has 1 N–H and O–H groups in total. The van der Waals surface area contributed by atoms with Crippen molar-refractivity contribution in [1.29, 1.82) is 0 Å². The van der Waals surface area contributed by atoms with Crippen LogP contribution in [-0.2, 0) is 0 Å². The van der Waals surface area contributed by atoms with Crippen LogP contribution in [0.2, 0.25) is 0 Å². The number of halogens is 1. The van der Waals surface area contributed by atoms with Crippen LogP contribution >= 0.6 is 15.9 Å². The van der Waals surface area contributed by atoms with Gasteiger partial charge in [-0.15, -0.1) is 0 Å². The van der Waals surface area contributed by atoms with Gasteiger partial charge in [0.2, 0.25) is 0 Å². The highest BCUT2D eigenvalue weighted by Gasteiger charge is 2.23. The van der Waals surface area contributed by atoms with E-state index < -0.39 is 4.92 Å². The maximum Gasteiger partial charge on any atom is 0.311 e. The van der Waals surface area contributed by atoms with Gasteiger partial charge in [-0.3, -0.25) is 15.1 Å². The van der Waals surface area contributed by atoms with Crippen molar-refractivity contribution < 1.29 is 4.92 Å². The van der Waals surface area contributed by atoms with Crippen molar-refractivity contribution in [3.05, 3.63) is 27.0 Å². The van der Waals surface area contributed by atoms with Crippen LogP contribution in [0.25, 0.3) is 0 Å². The maximum absolute atomic E-state index is 11.0. The molecule has 1 aliphatic rings. The summed E-state index contributed by atoms with van der Waals surface area (Å²) in [7, 11) is 0. The van der Waals surface area contributed by atoms with Gasteiger partial charge < -0.3 is 10.2 Å². The van der Waals surface area contributed by atoms with E-state index >= 15 is 0 Å². The van der Waals surface area contributed by atoms with Crippen molar-refractivity contribution in [1.82, 2.24) is 9.88 Å². The summed E-state index contributed by atoms with van der Waals surface area (Å²) in [5.74, 6) is 0. The van der Waals surface area contributed by atoms with Gasteiger partial charge in [-0.05, 0) is 35.3 Å². The summed E-state index contributed by atoms with van der Waals surface area (Å²) >= 11 is 3.33. The van der Waals surface area contributed by atoms with Crippen LogP contribution < -0.4 is 5.32 Å². The van der Waals surface area contributed by atoms with Crippen LogP contribution in [0.3, 0.4) is 0 Å². The molecule has 19 heavy (non-hydrogen) atoms. The highest BCUT2D eigenvalue weighted by atomic mass is 79.9. The summed E-state index contributed by atoms with van der Waals surface area (Å²) in [4.78, 5) is 16.8. The molecule has 1 aromatic rings. The lowest BCUT2D eigenvalue weighted by Gasteiger charge is -2.32. The van der Waals surface area contributed by atoms with Crippen molar-refractivity contribution in [3.63, 3.8) is 0 Å². The first kappa shape index (κ1) is 14.2. The zero-order chi connectivity index (χ0) is 13.8. The van der Waals surface area contributed by atoms with Gasteiger partial charge in [0.1, 0.15) is 11.9 Å². The fraction of sp³-hybridized carbons (Fsp3) is 0.583. The third-order valence-electron chi connectivity index (χ3n) is 3.46. The second-order valence-corrected chi connectivity index (χ2v) is 5.48. The van der Waals surface area contributed by atoms with Crippen molar-refractivity contribution in [2.24, 2.45) is 0 Å². The average molecular weight is 329 g/mol. The molecule has 0 bridgehead atoms. The van der Waals surface area contributed by atoms with Gasteiger partial charge in [-0.1, -0.05) is 6.92 Å². The molecular weight excluding hydrogens is 312 g/mol. The smallest absolute Gasteiger partial charge is 0.311 e. The molecule has 1 aromatic heterocycles. The van der Waals surface area contributed by atoms with Gasteiger partial charge in [0.25, 0.3) is 0 Å². The van der Waals surface area contributed by atoms with Crippen LogP contribution in [-0.4, -0.2) is 40.5 Å². The number of aromatic nitrogens is 1. The van der Waals surface area contributed by atoms with Crippen LogP contribution in [0.5, 0.6) is 0 Å². The fourth-order valence-electron chi connectivity index (χ4n) is 2.30. The molecule has 104 valence electrons. The molecule has 7 heteroatoms. The molecule has 0 aromatic carbocycles. The Hall–Kier alpha value is -1.21. The minimum Gasteiger partial charge on any atom is -0.376 e. The van der Waals surface area contributed by atoms with Crippen molar-refractivity contribution in [2.45, 2.75) is 25.8 Å². The number of rotatable bonds is 4. The SMILES string of the molecule is CCN1CCC(Nc2c(Br)cncc2[N+](=O)[O-])CC1. The quantitative estimate of drug-likeness (QED) is 0.679. The molecular formula is C12H17BrN4O2. The average Bonchev–Trinajstić information content (AvgIpc) is 2.41. The van der Waals surface area contributed by atoms with E-state index in [2.05, 4.69) is 38.1 Å². The molecule has 0 amide bonds. The predicted molar refractivity (Wildman–Crippen MR) is 77.4 cm³/mol. The molecule has 0 spiro atoms. The van der Waals surface area contributed by atoms with E-state index in [1.54, 1.807) is 6.20 Å². The van der Waals surface area contributed by atoms with Crippen LogP contribution in [0.4, 0.5) is 11.4 Å². The third kappa shape index (κ3) is 3.42. The number of hydrogen-bond acceptors (Lipinski definition) is 5. The van der Waals surface area contributed by atoms with E-state index in [0.29, 0.717) is 10.2 Å². The zero-order valence-electron chi connectivity index (χ0n) is 10.8. The number of pyridine rings is 1. The number of anilines is 1. The normalized spacial score (nSPS) is 17.4. The van der Waals surface area contributed by atoms with E-state index in [0.717, 1.165) is 32.5 Å². The van der Waals surface area contributed by atoms with Gasteiger partial charge in [-0.25, -0.2) is 0 Å². The van der Waals surface area contributed by atoms with E-state index in [9.17, 15) is 10.1 Å². The van der Waals surface area contributed by atoms with Gasteiger partial charge in [0.15, 0.2) is 0 Å². The van der Waals surface area contributed by atoms with Gasteiger partial charge in [0, 0.05) is 25.3 Å². The van der Waals surface area contributed by atoms with Crippen molar-refractivity contribution >= 4 is 27.3 Å². The highest BCUT2D eigenvalue weighted by molar-refractivity contribution is 9.10. The third-order valence-corrected chi connectivity index (χ3v) is 4.06. The monoisotopic (exact) mass is 328 g/mol. The summed E-state index contributed by atoms with van der Waals surface area (Å²) in [6.07, 6.45) is 4.87. The summed E-state index contributed by atoms with van der Waals surface area (Å²) in [5.41, 5.74) is 0.558. The Labute approximate surface area is 120 Å². The van der Waals surface area contributed by atoms with E-state index in [-0.39, 0.29) is 11.7 Å². The summed E-state index contributed by atoms with van der Waals surface area (Å²) in [6, 6.07) is 0.278. The van der Waals surface area contributed by atoms with Gasteiger partial charge in [0.05, 0.1) is 9.40 Å². The molecule has 1 aliphatic heterocycles. The topological polar surface area (TPSA) is 71.3 Å². The van der Waals surface area contributed by atoms with E-state index in [1.165, 1.54) is 6.20 Å². The predicted octanol–water partition coefficient (Wildman–Crippen LogP) is 2.65. The molecule has 1 saturated heterocycles. The van der Waals surface area contributed by atoms with Crippen LogP contribution in [0, 0.1) is 10.1 Å². The first-order valence-electron chi connectivity index (χ1n) is 6.38. The number of hydrogen-bond donors (Lipinski definition) is 1. The Balaban J connectivity index is 2.09. The van der Waals surface area contributed by atoms with Crippen LogP contribution in [0.1, 0.15) is 19.8 Å². The molecule has 0 saturated carbocycles. The Morgan fingerprint density at radius 3 is 2.79 bits per heavy atom. The lowest BCUT2D eigenvalue weighted by atomic mass is 10.0. The number of piperidine rings is 1. The molecule has 0 aliphatic carbocycles. The number of nitro groups is 1. The van der Waals surface area contributed by atoms with Crippen molar-refractivity contribution in [2.75, 3.05) is 25.0 Å². The molecule has 0 radical (unpaired) electrons. The maximum atomic E-state index is 11.0. The summed E-state index contributed by atoms with van der Waals surface area (Å²) < 4.78 is 0.639. The van der Waals surface area contributed by atoms with E-state index in [1.807, 2.05) is 0 Å². The Bertz CT molecular complexity index is 461. The molecule has 2 rings (SSSR count). The zero-order valence-corrected chi connectivity index (χ0v) is 12.4. The molecule has 0 atom stereocenters. The first-order chi connectivity index (χ1) is 9.11. The summed E-state index contributed by atoms with van der Waals surface area (Å²) in [6.45, 7) is 5.28. The number of nitrogens with zero attached hydrogens (tertiary/aromatic N) is 3. The summed E-state index contributed by atoms with van der Waals surface area (Å²) in [5, 5.41) is 14.3. The second-order valence-electron chi connectivity index (χ2n) is 4.63. The molecule has 0 unspecified atom stereocenters. The molecule has 6 nitrogen and oxygen atoms in total.